The lowest BCUT2D eigenvalue weighted by Crippen LogP contribution is -2.29. The quantitative estimate of drug-likeness (QED) is 0.831. The number of hydrogen-bond donors (Lipinski definition) is 1. The third-order valence-corrected chi connectivity index (χ3v) is 5.73. The largest absolute Gasteiger partial charge is 0.392 e. The van der Waals surface area contributed by atoms with E-state index >= 15 is 0 Å². The number of nitrogens with zero attached hydrogens (tertiary/aromatic N) is 2. The molecular weight excluding hydrogens is 248 g/mol. The summed E-state index contributed by atoms with van der Waals surface area (Å²) in [5.74, 6) is 0. The Labute approximate surface area is 97.6 Å². The van der Waals surface area contributed by atoms with Crippen LogP contribution in [0.1, 0.15) is 11.3 Å². The lowest BCUT2D eigenvalue weighted by Gasteiger charge is -2.13. The molecule has 5 nitrogen and oxygen atoms in total. The van der Waals surface area contributed by atoms with Gasteiger partial charge in [0.2, 0.25) is 0 Å². The number of hydrogen-bond acceptors (Lipinski definition) is 5. The van der Waals surface area contributed by atoms with Crippen LogP contribution in [0.15, 0.2) is 16.3 Å². The Hall–Kier alpha value is -0.940. The van der Waals surface area contributed by atoms with E-state index in [2.05, 4.69) is 0 Å². The number of sulfonamides is 1. The molecule has 2 heterocycles. The summed E-state index contributed by atoms with van der Waals surface area (Å²) in [7, 11) is -3.52. The number of aliphatic hydroxyl groups excluding tert-OH is 1. The van der Waals surface area contributed by atoms with Crippen molar-refractivity contribution in [3.05, 3.63) is 17.0 Å². The number of aliphatic hydroxyl groups is 1. The van der Waals surface area contributed by atoms with Gasteiger partial charge >= 0.3 is 0 Å². The van der Waals surface area contributed by atoms with Crippen LogP contribution < -0.4 is 0 Å². The van der Waals surface area contributed by atoms with Gasteiger partial charge in [0.1, 0.15) is 15.2 Å². The fraction of sp³-hybridized carbons (Fsp3) is 0.444. The molecule has 0 bridgehead atoms. The summed E-state index contributed by atoms with van der Waals surface area (Å²) in [5.41, 5.74) is 0. The molecule has 1 aromatic rings. The van der Waals surface area contributed by atoms with Gasteiger partial charge in [-0.1, -0.05) is 0 Å². The molecule has 0 spiro atoms. The summed E-state index contributed by atoms with van der Waals surface area (Å²) >= 11 is 0.956. The molecule has 1 aliphatic rings. The van der Waals surface area contributed by atoms with Crippen molar-refractivity contribution >= 4 is 21.4 Å². The fourth-order valence-corrected chi connectivity index (χ4v) is 4.33. The molecule has 0 radical (unpaired) electrons. The maximum atomic E-state index is 12.0. The maximum absolute atomic E-state index is 12.0. The molecule has 7 heteroatoms. The number of thiophene rings is 1. The third kappa shape index (κ3) is 1.97. The van der Waals surface area contributed by atoms with Crippen LogP contribution in [0.3, 0.4) is 0 Å². The van der Waals surface area contributed by atoms with Gasteiger partial charge < -0.3 is 5.11 Å². The van der Waals surface area contributed by atoms with Crippen molar-refractivity contribution in [2.24, 2.45) is 0 Å². The van der Waals surface area contributed by atoms with Gasteiger partial charge in [-0.25, -0.2) is 8.42 Å². The molecule has 1 fully saturated rings. The van der Waals surface area contributed by atoms with Crippen LogP contribution in [-0.4, -0.2) is 37.0 Å². The Balaban J connectivity index is 2.29. The first kappa shape index (κ1) is 11.5. The summed E-state index contributed by atoms with van der Waals surface area (Å²) in [6, 6.07) is 4.83. The van der Waals surface area contributed by atoms with Crippen LogP contribution in [0.5, 0.6) is 0 Å². The molecule has 0 aromatic carbocycles. The van der Waals surface area contributed by atoms with Gasteiger partial charge in [-0.2, -0.15) is 9.57 Å². The molecule has 1 atom stereocenters. The standard InChI is InChI=1S/C9H10N2O3S2/c10-5-8-1-2-9(15-8)16(13,14)11-4-3-7(12)6-11/h1-2,7,12H,3-4,6H2/t7-/m0/s1. The molecule has 1 aliphatic heterocycles. The lowest BCUT2D eigenvalue weighted by molar-refractivity contribution is 0.189. The van der Waals surface area contributed by atoms with Gasteiger partial charge in [0.15, 0.2) is 0 Å². The molecule has 1 aromatic heterocycles. The van der Waals surface area contributed by atoms with Crippen molar-refractivity contribution in [1.82, 2.24) is 4.31 Å². The Kier molecular flexibility index (Phi) is 2.99. The highest BCUT2D eigenvalue weighted by Crippen LogP contribution is 2.26. The summed E-state index contributed by atoms with van der Waals surface area (Å²) < 4.78 is 25.5. The minimum atomic E-state index is -3.52. The topological polar surface area (TPSA) is 81.4 Å². The zero-order valence-electron chi connectivity index (χ0n) is 8.33. The summed E-state index contributed by atoms with van der Waals surface area (Å²) in [6.45, 7) is 0.478. The first-order valence-corrected chi connectivity index (χ1v) is 6.98. The average molecular weight is 258 g/mol. The van der Waals surface area contributed by atoms with E-state index in [1.54, 1.807) is 0 Å². The molecular formula is C9H10N2O3S2. The Bertz CT molecular complexity index is 529. The SMILES string of the molecule is N#Cc1ccc(S(=O)(=O)N2CC[C@H](O)C2)s1. The Morgan fingerprint density at radius 2 is 2.31 bits per heavy atom. The van der Waals surface area contributed by atoms with E-state index in [9.17, 15) is 13.5 Å². The van der Waals surface area contributed by atoms with Gasteiger partial charge in [0.05, 0.1) is 6.10 Å². The molecule has 0 unspecified atom stereocenters. The maximum Gasteiger partial charge on any atom is 0.252 e. The first-order chi connectivity index (χ1) is 7.54. The van der Waals surface area contributed by atoms with E-state index in [-0.39, 0.29) is 10.8 Å². The van der Waals surface area contributed by atoms with Crippen LogP contribution in [0.4, 0.5) is 0 Å². The van der Waals surface area contributed by atoms with E-state index < -0.39 is 16.1 Å². The van der Waals surface area contributed by atoms with Gasteiger partial charge in [-0.15, -0.1) is 11.3 Å². The van der Waals surface area contributed by atoms with E-state index in [0.717, 1.165) is 11.3 Å². The molecule has 0 amide bonds. The van der Waals surface area contributed by atoms with E-state index in [0.29, 0.717) is 17.8 Å². The molecule has 2 rings (SSSR count). The normalized spacial score (nSPS) is 22.1. The molecule has 0 aliphatic carbocycles. The summed E-state index contributed by atoms with van der Waals surface area (Å²) in [6.07, 6.45) is -0.111. The van der Waals surface area contributed by atoms with Gasteiger partial charge in [0.25, 0.3) is 10.0 Å². The zero-order valence-corrected chi connectivity index (χ0v) is 9.96. The molecule has 1 N–H and O–H groups in total. The highest BCUT2D eigenvalue weighted by Gasteiger charge is 2.32. The van der Waals surface area contributed by atoms with Gasteiger partial charge in [0, 0.05) is 13.1 Å². The summed E-state index contributed by atoms with van der Waals surface area (Å²) in [5, 5.41) is 17.9. The number of rotatable bonds is 2. The fourth-order valence-electron chi connectivity index (χ4n) is 1.58. The first-order valence-electron chi connectivity index (χ1n) is 4.72. The van der Waals surface area contributed by atoms with Crippen molar-refractivity contribution in [1.29, 1.82) is 5.26 Å². The van der Waals surface area contributed by atoms with E-state index in [1.807, 2.05) is 6.07 Å². The Morgan fingerprint density at radius 3 is 2.81 bits per heavy atom. The van der Waals surface area contributed by atoms with Crippen molar-refractivity contribution in [2.45, 2.75) is 16.7 Å². The van der Waals surface area contributed by atoms with Crippen molar-refractivity contribution < 1.29 is 13.5 Å². The number of β-amino-alcohol motifs (C(OH)–C–C–N with tert-alkyl or cyclic N) is 1. The third-order valence-electron chi connectivity index (χ3n) is 2.41. The zero-order chi connectivity index (χ0) is 11.8. The van der Waals surface area contributed by atoms with Crippen LogP contribution in [0.25, 0.3) is 0 Å². The summed E-state index contributed by atoms with van der Waals surface area (Å²) in [4.78, 5) is 0.373. The second kappa shape index (κ2) is 4.14. The van der Waals surface area contributed by atoms with Crippen molar-refractivity contribution in [2.75, 3.05) is 13.1 Å². The monoisotopic (exact) mass is 258 g/mol. The van der Waals surface area contributed by atoms with Crippen molar-refractivity contribution in [3.63, 3.8) is 0 Å². The molecule has 1 saturated heterocycles. The van der Waals surface area contributed by atoms with E-state index in [1.165, 1.54) is 16.4 Å². The van der Waals surface area contributed by atoms with Crippen LogP contribution in [-0.2, 0) is 10.0 Å². The average Bonchev–Trinajstić information content (AvgIpc) is 2.85. The second-order valence-corrected chi connectivity index (χ2v) is 6.78. The lowest BCUT2D eigenvalue weighted by atomic mass is 10.3. The molecule has 86 valence electrons. The Morgan fingerprint density at radius 1 is 1.56 bits per heavy atom. The molecule has 16 heavy (non-hydrogen) atoms. The second-order valence-electron chi connectivity index (χ2n) is 3.54. The minimum Gasteiger partial charge on any atom is -0.392 e. The number of nitriles is 1. The van der Waals surface area contributed by atoms with E-state index in [4.69, 9.17) is 5.26 Å². The van der Waals surface area contributed by atoms with Crippen LogP contribution >= 0.6 is 11.3 Å². The smallest absolute Gasteiger partial charge is 0.252 e. The van der Waals surface area contributed by atoms with Crippen LogP contribution in [0.2, 0.25) is 0 Å². The minimum absolute atomic E-state index is 0.141. The van der Waals surface area contributed by atoms with Crippen LogP contribution in [0, 0.1) is 11.3 Å². The van der Waals surface area contributed by atoms with Gasteiger partial charge in [-0.05, 0) is 18.6 Å². The predicted octanol–water partition coefficient (Wildman–Crippen LogP) is 0.375. The van der Waals surface area contributed by atoms with Crippen molar-refractivity contribution in [3.8, 4) is 6.07 Å². The molecule has 0 saturated carbocycles. The highest BCUT2D eigenvalue weighted by atomic mass is 32.2. The highest BCUT2D eigenvalue weighted by molar-refractivity contribution is 7.91. The van der Waals surface area contributed by atoms with Gasteiger partial charge in [-0.3, -0.25) is 0 Å². The predicted molar refractivity (Wildman–Crippen MR) is 58.4 cm³/mol.